The number of nitrogens with one attached hydrogen (secondary N) is 1. The number of benzene rings is 2. The van der Waals surface area contributed by atoms with Gasteiger partial charge in [-0.15, -0.1) is 0 Å². The van der Waals surface area contributed by atoms with Crippen LogP contribution in [0.3, 0.4) is 0 Å². The number of hydrogen-bond donors (Lipinski definition) is 1. The molecule has 236 valence electrons. The number of hydrogen-bond acceptors (Lipinski definition) is 8. The predicted octanol–water partition coefficient (Wildman–Crippen LogP) is 2.90. The van der Waals surface area contributed by atoms with Crippen molar-refractivity contribution in [1.82, 2.24) is 9.55 Å². The maximum Gasteiger partial charge on any atom is 0.330 e. The largest absolute Gasteiger partial charge is 0.465 e. The fraction of sp³-hybridized carbons (Fsp3) is 0.438. The lowest BCUT2D eigenvalue weighted by molar-refractivity contribution is -0.167. The summed E-state index contributed by atoms with van der Waals surface area (Å²) in [5.74, 6) is -5.39. The van der Waals surface area contributed by atoms with Gasteiger partial charge in [0.05, 0.1) is 32.1 Å². The number of carbonyl (C=O) groups excluding carboxylic acids is 2. The average molecular weight is 627 g/mol. The van der Waals surface area contributed by atoms with Gasteiger partial charge in [-0.2, -0.15) is 4.39 Å². The molecule has 1 N–H and O–H groups in total. The molecular formula is C32H39FN2O8Si. The van der Waals surface area contributed by atoms with E-state index in [1.165, 1.54) is 0 Å². The molecule has 0 spiro atoms. The molecule has 1 fully saturated rings. The summed E-state index contributed by atoms with van der Waals surface area (Å²) in [6, 6.07) is 19.9. The van der Waals surface area contributed by atoms with Crippen LogP contribution in [0.4, 0.5) is 4.39 Å². The molecule has 10 nitrogen and oxygen atoms in total. The molecule has 2 aromatic carbocycles. The van der Waals surface area contributed by atoms with Crippen molar-refractivity contribution in [3.63, 3.8) is 0 Å². The molecule has 4 rings (SSSR count). The molecule has 1 saturated heterocycles. The van der Waals surface area contributed by atoms with E-state index in [-0.39, 0.29) is 31.3 Å². The Morgan fingerprint density at radius 2 is 1.50 bits per heavy atom. The van der Waals surface area contributed by atoms with Crippen molar-refractivity contribution in [1.29, 1.82) is 0 Å². The Balaban J connectivity index is 1.78. The second kappa shape index (κ2) is 13.8. The minimum atomic E-state index is -3.00. The first-order chi connectivity index (χ1) is 20.9. The highest BCUT2D eigenvalue weighted by Crippen LogP contribution is 2.42. The number of rotatable bonds is 11. The molecule has 0 amide bonds. The summed E-state index contributed by atoms with van der Waals surface area (Å²) in [4.78, 5) is 52.9. The van der Waals surface area contributed by atoms with Gasteiger partial charge < -0.3 is 18.6 Å². The van der Waals surface area contributed by atoms with Crippen LogP contribution in [-0.4, -0.2) is 55.7 Å². The van der Waals surface area contributed by atoms with E-state index in [0.29, 0.717) is 0 Å². The number of carbonyl (C=O) groups is 2. The Bertz CT molecular complexity index is 1500. The number of aromatic nitrogens is 2. The highest BCUT2D eigenvalue weighted by atomic mass is 28.4. The van der Waals surface area contributed by atoms with Gasteiger partial charge in [0.1, 0.15) is 6.23 Å². The number of nitrogens with zero attached hydrogens (tertiary/aromatic N) is 1. The van der Waals surface area contributed by atoms with Crippen LogP contribution in [0.15, 0.2) is 76.4 Å². The molecule has 1 aliphatic rings. The summed E-state index contributed by atoms with van der Waals surface area (Å²) in [7, 11) is -3.00. The Hall–Kier alpha value is -3.87. The van der Waals surface area contributed by atoms with E-state index in [9.17, 15) is 23.6 Å². The Labute approximate surface area is 256 Å². The van der Waals surface area contributed by atoms with Gasteiger partial charge in [-0.1, -0.05) is 81.4 Å². The minimum Gasteiger partial charge on any atom is -0.465 e. The van der Waals surface area contributed by atoms with E-state index in [2.05, 4.69) is 20.8 Å². The quantitative estimate of drug-likeness (QED) is 0.196. The molecule has 0 saturated carbocycles. The van der Waals surface area contributed by atoms with Crippen LogP contribution in [0.2, 0.25) is 5.04 Å². The molecule has 1 aliphatic heterocycles. The lowest BCUT2D eigenvalue weighted by Gasteiger charge is -2.43. The van der Waals surface area contributed by atoms with Crippen molar-refractivity contribution >= 4 is 30.6 Å². The van der Waals surface area contributed by atoms with Gasteiger partial charge in [0, 0.05) is 5.92 Å². The van der Waals surface area contributed by atoms with Crippen molar-refractivity contribution in [3.05, 3.63) is 93.5 Å². The molecule has 0 aliphatic carbocycles. The molecule has 1 aromatic heterocycles. The van der Waals surface area contributed by atoms with E-state index >= 15 is 0 Å². The van der Waals surface area contributed by atoms with E-state index < -0.39 is 61.5 Å². The monoisotopic (exact) mass is 626 g/mol. The van der Waals surface area contributed by atoms with Crippen LogP contribution < -0.4 is 21.6 Å². The summed E-state index contributed by atoms with van der Waals surface area (Å²) < 4.78 is 39.0. The summed E-state index contributed by atoms with van der Waals surface area (Å²) in [6.45, 7) is 9.62. The third-order valence-electron chi connectivity index (χ3n) is 7.84. The average Bonchev–Trinajstić information content (AvgIpc) is 3.39. The normalized spacial score (nSPS) is 18.8. The molecule has 3 atom stereocenters. The Kier molecular flexibility index (Phi) is 10.4. The summed E-state index contributed by atoms with van der Waals surface area (Å²) in [5, 5.41) is 1.74. The van der Waals surface area contributed by atoms with Crippen molar-refractivity contribution in [2.24, 2.45) is 11.8 Å². The van der Waals surface area contributed by atoms with Gasteiger partial charge in [0.15, 0.2) is 5.92 Å². The Morgan fingerprint density at radius 3 is 1.98 bits per heavy atom. The zero-order chi connectivity index (χ0) is 32.1. The van der Waals surface area contributed by atoms with Crippen molar-refractivity contribution < 1.29 is 32.6 Å². The van der Waals surface area contributed by atoms with Gasteiger partial charge >= 0.3 is 17.6 Å². The molecule has 0 bridgehead atoms. The minimum absolute atomic E-state index is 0.000604. The van der Waals surface area contributed by atoms with E-state index in [4.69, 9.17) is 18.6 Å². The van der Waals surface area contributed by atoms with Crippen molar-refractivity contribution in [3.8, 4) is 0 Å². The van der Waals surface area contributed by atoms with Gasteiger partial charge in [0.2, 0.25) is 5.82 Å². The zero-order valence-electron chi connectivity index (χ0n) is 25.6. The standard InChI is InChI=1S/C32H39FN2O8Si/c1-6-40-29(37)26(30(38)41-7-2)24-18-21(43-28(24)35-19-25(33)27(36)34-31(35)39)20-42-44(32(3,4)5,22-14-10-8-11-15-22)23-16-12-9-13-17-23/h8-17,19,21,24,26,28H,6-7,18,20H2,1-5H3,(H,34,36,39)/t21-,24-,28+/m0/s1. The Morgan fingerprint density at radius 1 is 0.977 bits per heavy atom. The molecule has 12 heteroatoms. The van der Waals surface area contributed by atoms with Crippen LogP contribution in [0.5, 0.6) is 0 Å². The van der Waals surface area contributed by atoms with Gasteiger partial charge in [0.25, 0.3) is 13.9 Å². The maximum absolute atomic E-state index is 14.4. The lowest BCUT2D eigenvalue weighted by Crippen LogP contribution is -2.67. The first kappa shape index (κ1) is 33.0. The first-order valence-corrected chi connectivity index (χ1v) is 16.6. The number of ether oxygens (including phenoxy) is 3. The van der Waals surface area contributed by atoms with Crippen LogP contribution in [-0.2, 0) is 28.2 Å². The predicted molar refractivity (Wildman–Crippen MR) is 164 cm³/mol. The highest BCUT2D eigenvalue weighted by Gasteiger charge is 2.53. The van der Waals surface area contributed by atoms with E-state index in [1.54, 1.807) is 13.8 Å². The number of aromatic amines is 1. The summed E-state index contributed by atoms with van der Waals surface area (Å²) in [5.41, 5.74) is -2.15. The van der Waals surface area contributed by atoms with Gasteiger partial charge in [-0.3, -0.25) is 23.9 Å². The maximum atomic E-state index is 14.4. The number of esters is 2. The van der Waals surface area contributed by atoms with Crippen LogP contribution in [0.25, 0.3) is 0 Å². The third-order valence-corrected chi connectivity index (χ3v) is 12.8. The van der Waals surface area contributed by atoms with E-state index in [0.717, 1.165) is 21.1 Å². The fourth-order valence-electron chi connectivity index (χ4n) is 5.99. The molecule has 2 heterocycles. The second-order valence-corrected chi connectivity index (χ2v) is 16.0. The van der Waals surface area contributed by atoms with Crippen LogP contribution >= 0.6 is 0 Å². The van der Waals surface area contributed by atoms with Crippen LogP contribution in [0, 0.1) is 17.7 Å². The SMILES string of the molecule is CCOC(=O)C(C(=O)OCC)[C@@H]1C[C@@H](CO[Si](c2ccccc2)(c2ccccc2)C(C)(C)C)O[C@H]1n1cc(F)c(=O)[nH]c1=O. The smallest absolute Gasteiger partial charge is 0.330 e. The van der Waals surface area contributed by atoms with Crippen LogP contribution in [0.1, 0.15) is 47.3 Å². The van der Waals surface area contributed by atoms with E-state index in [1.807, 2.05) is 65.6 Å². The number of H-pyrrole nitrogens is 1. The topological polar surface area (TPSA) is 126 Å². The fourth-order valence-corrected chi connectivity index (χ4v) is 10.6. The number of halogens is 1. The highest BCUT2D eigenvalue weighted by molar-refractivity contribution is 6.99. The molecule has 44 heavy (non-hydrogen) atoms. The molecule has 3 aromatic rings. The lowest BCUT2D eigenvalue weighted by atomic mass is 9.87. The molecular weight excluding hydrogens is 587 g/mol. The van der Waals surface area contributed by atoms with Gasteiger partial charge in [-0.25, -0.2) is 4.79 Å². The second-order valence-electron chi connectivity index (χ2n) is 11.6. The summed E-state index contributed by atoms with van der Waals surface area (Å²) in [6.07, 6.45) is -1.23. The first-order valence-electron chi connectivity index (χ1n) is 14.7. The molecule has 0 radical (unpaired) electrons. The van der Waals surface area contributed by atoms with Crippen molar-refractivity contribution in [2.45, 2.75) is 58.4 Å². The summed E-state index contributed by atoms with van der Waals surface area (Å²) >= 11 is 0. The van der Waals surface area contributed by atoms with Gasteiger partial charge in [-0.05, 0) is 35.7 Å². The molecule has 0 unspecified atom stereocenters. The third kappa shape index (κ3) is 6.62. The van der Waals surface area contributed by atoms with Crippen molar-refractivity contribution in [2.75, 3.05) is 19.8 Å². The zero-order valence-corrected chi connectivity index (χ0v) is 26.6.